The summed E-state index contributed by atoms with van der Waals surface area (Å²) in [7, 11) is 0. The molecule has 4 fully saturated rings. The molecule has 0 spiro atoms. The number of fused-ring (bicyclic) bond motifs is 2. The normalized spacial score (nSPS) is 35.1. The molecule has 2 aliphatic heterocycles. The Morgan fingerprint density at radius 2 is 1.50 bits per heavy atom. The summed E-state index contributed by atoms with van der Waals surface area (Å²) in [5, 5.41) is 22.4. The van der Waals surface area contributed by atoms with Crippen LogP contribution in [0.5, 0.6) is 0 Å². The highest BCUT2D eigenvalue weighted by atomic mass is 35.5. The van der Waals surface area contributed by atoms with Gasteiger partial charge in [0.05, 0.1) is 12.0 Å². The summed E-state index contributed by atoms with van der Waals surface area (Å²) in [6.07, 6.45) is 0. The molecule has 0 radical (unpaired) electrons. The first kappa shape index (κ1) is 23.1. The zero-order valence-corrected chi connectivity index (χ0v) is 20.7. The van der Waals surface area contributed by atoms with E-state index in [4.69, 9.17) is 39.4 Å². The quantitative estimate of drug-likeness (QED) is 0.266. The van der Waals surface area contributed by atoms with Crippen molar-refractivity contribution in [2.24, 2.45) is 46.4 Å². The standard InChI is InChI=1S/C13H16ClN3O.C13H13ClN2/c1-7-11-10(12(11)13(15)16-18)6-17(7)9-4-2-3-8(14)5-9;1-8-13-11(6-15)12(13)7-16(8)10-4-2-3-9(14)5-10/h2-5,7,10-12,18H,6H2,1H3,(H2,15,16);2-5,8,11-13H,7H2,1H3/t7?,10-,11+,12+;8?,11-,12-,13+/m01/s1. The van der Waals surface area contributed by atoms with E-state index in [2.05, 4.69) is 47.0 Å². The molecule has 3 N–H and O–H groups in total. The minimum Gasteiger partial charge on any atom is -0.409 e. The topological polar surface area (TPSA) is 88.9 Å². The lowest BCUT2D eigenvalue weighted by Crippen LogP contribution is -2.34. The Bertz CT molecular complexity index is 1150. The number of benzene rings is 2. The van der Waals surface area contributed by atoms with Crippen LogP contribution >= 0.6 is 23.2 Å². The van der Waals surface area contributed by atoms with Gasteiger partial charge in [-0.3, -0.25) is 0 Å². The first-order valence-electron chi connectivity index (χ1n) is 11.8. The predicted octanol–water partition coefficient (Wildman–Crippen LogP) is 5.09. The monoisotopic (exact) mass is 497 g/mol. The first-order chi connectivity index (χ1) is 16.3. The maximum Gasteiger partial charge on any atom is 0.142 e. The van der Waals surface area contributed by atoms with Crippen LogP contribution in [0.15, 0.2) is 53.7 Å². The Balaban J connectivity index is 0.000000142. The number of rotatable bonds is 3. The molecule has 2 aromatic carbocycles. The molecule has 4 aliphatic rings. The van der Waals surface area contributed by atoms with Gasteiger partial charge in [-0.05, 0) is 68.0 Å². The van der Waals surface area contributed by atoms with Crippen molar-refractivity contribution in [2.45, 2.75) is 25.9 Å². The second-order valence-corrected chi connectivity index (χ2v) is 10.8. The third-order valence-corrected chi connectivity index (χ3v) is 8.73. The lowest BCUT2D eigenvalue weighted by Gasteiger charge is -2.28. The van der Waals surface area contributed by atoms with E-state index < -0.39 is 0 Å². The molecule has 0 bridgehead atoms. The molecule has 8 atom stereocenters. The molecular formula is C26H29Cl2N5O. The fraction of sp³-hybridized carbons (Fsp3) is 0.462. The molecule has 8 heteroatoms. The van der Waals surface area contributed by atoms with Gasteiger partial charge in [-0.25, -0.2) is 0 Å². The lowest BCUT2D eigenvalue weighted by molar-refractivity contribution is 0.315. The average molecular weight is 498 g/mol. The summed E-state index contributed by atoms with van der Waals surface area (Å²) >= 11 is 12.0. The van der Waals surface area contributed by atoms with Crippen molar-refractivity contribution in [1.29, 1.82) is 5.26 Å². The van der Waals surface area contributed by atoms with Crippen molar-refractivity contribution >= 4 is 40.4 Å². The van der Waals surface area contributed by atoms with Gasteiger partial charge in [0.1, 0.15) is 5.84 Å². The molecule has 2 saturated carbocycles. The van der Waals surface area contributed by atoms with Crippen molar-refractivity contribution in [3.8, 4) is 6.07 Å². The molecule has 2 saturated heterocycles. The Hall–Kier alpha value is -2.62. The van der Waals surface area contributed by atoms with Gasteiger partial charge < -0.3 is 20.7 Å². The smallest absolute Gasteiger partial charge is 0.142 e. The number of anilines is 2. The predicted molar refractivity (Wildman–Crippen MR) is 136 cm³/mol. The van der Waals surface area contributed by atoms with E-state index in [-0.39, 0.29) is 5.92 Å². The summed E-state index contributed by atoms with van der Waals surface area (Å²) < 4.78 is 0. The molecule has 2 unspecified atom stereocenters. The van der Waals surface area contributed by atoms with Gasteiger partial charge in [-0.15, -0.1) is 0 Å². The van der Waals surface area contributed by atoms with E-state index in [0.29, 0.717) is 47.5 Å². The average Bonchev–Trinajstić information content (AvgIpc) is 3.66. The van der Waals surface area contributed by atoms with Crippen molar-refractivity contribution in [1.82, 2.24) is 0 Å². The molecule has 2 aromatic rings. The zero-order chi connectivity index (χ0) is 24.1. The molecule has 34 heavy (non-hydrogen) atoms. The number of oxime groups is 1. The van der Waals surface area contributed by atoms with Gasteiger partial charge in [-0.1, -0.05) is 40.5 Å². The van der Waals surface area contributed by atoms with Crippen LogP contribution in [0.4, 0.5) is 11.4 Å². The van der Waals surface area contributed by atoms with Gasteiger partial charge in [0.15, 0.2) is 0 Å². The molecule has 6 nitrogen and oxygen atoms in total. The van der Waals surface area contributed by atoms with E-state index in [1.54, 1.807) is 0 Å². The van der Waals surface area contributed by atoms with Crippen LogP contribution in [0.25, 0.3) is 0 Å². The SMILES string of the molecule is CC1[C@@H]2[C@H](CN1c1cccc(Cl)c1)[C@H]2/C(N)=N/O.CC1[C@H]2[C@H](C#N)[C@H]2CN1c1cccc(Cl)c1. The van der Waals surface area contributed by atoms with Crippen molar-refractivity contribution < 1.29 is 5.21 Å². The second-order valence-electron chi connectivity index (χ2n) is 9.93. The number of nitrogens with two attached hydrogens (primary N) is 1. The largest absolute Gasteiger partial charge is 0.409 e. The van der Waals surface area contributed by atoms with Crippen LogP contribution in [-0.4, -0.2) is 36.2 Å². The van der Waals surface area contributed by atoms with Gasteiger partial charge in [-0.2, -0.15) is 5.26 Å². The summed E-state index contributed by atoms with van der Waals surface area (Å²) in [6, 6.07) is 19.2. The van der Waals surface area contributed by atoms with Crippen molar-refractivity contribution in [3.63, 3.8) is 0 Å². The first-order valence-corrected chi connectivity index (χ1v) is 12.5. The lowest BCUT2D eigenvalue weighted by atomic mass is 10.1. The number of halogens is 2. The van der Waals surface area contributed by atoms with Crippen LogP contribution in [0.3, 0.4) is 0 Å². The number of nitrogens with zero attached hydrogens (tertiary/aromatic N) is 4. The molecule has 178 valence electrons. The summed E-state index contributed by atoms with van der Waals surface area (Å²) in [5.74, 6) is 3.09. The van der Waals surface area contributed by atoms with E-state index in [0.717, 1.165) is 28.8 Å². The fourth-order valence-electron chi connectivity index (χ4n) is 6.45. The molecule has 0 amide bonds. The third-order valence-electron chi connectivity index (χ3n) is 8.26. The van der Waals surface area contributed by atoms with Crippen molar-refractivity contribution in [3.05, 3.63) is 58.6 Å². The summed E-state index contributed by atoms with van der Waals surface area (Å²) in [4.78, 5) is 4.72. The van der Waals surface area contributed by atoms with Gasteiger partial charge in [0.25, 0.3) is 0 Å². The molecule has 0 aromatic heterocycles. The highest BCUT2D eigenvalue weighted by Gasteiger charge is 2.62. The highest BCUT2D eigenvalue weighted by molar-refractivity contribution is 6.31. The van der Waals surface area contributed by atoms with Crippen LogP contribution in [0.1, 0.15) is 13.8 Å². The van der Waals surface area contributed by atoms with E-state index in [1.807, 2.05) is 36.4 Å². The Morgan fingerprint density at radius 1 is 0.971 bits per heavy atom. The van der Waals surface area contributed by atoms with Gasteiger partial charge in [0.2, 0.25) is 0 Å². The van der Waals surface area contributed by atoms with Crippen LogP contribution in [0, 0.1) is 46.8 Å². The summed E-state index contributed by atoms with van der Waals surface area (Å²) in [5.41, 5.74) is 8.04. The third kappa shape index (κ3) is 3.95. The Morgan fingerprint density at radius 3 is 1.88 bits per heavy atom. The highest BCUT2D eigenvalue weighted by Crippen LogP contribution is 2.57. The van der Waals surface area contributed by atoms with Crippen LogP contribution in [-0.2, 0) is 0 Å². The Kier molecular flexibility index (Phi) is 6.03. The number of hydrogen-bond donors (Lipinski definition) is 2. The van der Waals surface area contributed by atoms with Gasteiger partial charge in [0, 0.05) is 58.4 Å². The van der Waals surface area contributed by atoms with Gasteiger partial charge >= 0.3 is 0 Å². The molecular weight excluding hydrogens is 469 g/mol. The maximum absolute atomic E-state index is 8.94. The number of hydrogen-bond acceptors (Lipinski definition) is 5. The second kappa shape index (κ2) is 8.87. The van der Waals surface area contributed by atoms with E-state index in [1.165, 1.54) is 5.69 Å². The molecule has 2 aliphatic carbocycles. The fourth-order valence-corrected chi connectivity index (χ4v) is 6.81. The maximum atomic E-state index is 8.94. The van der Waals surface area contributed by atoms with Crippen LogP contribution in [0.2, 0.25) is 10.0 Å². The Labute approximate surface area is 210 Å². The molecule has 2 heterocycles. The minimum atomic E-state index is 0.250. The number of nitriles is 1. The molecule has 6 rings (SSSR count). The summed E-state index contributed by atoms with van der Waals surface area (Å²) in [6.45, 7) is 6.36. The van der Waals surface area contributed by atoms with E-state index in [9.17, 15) is 0 Å². The van der Waals surface area contributed by atoms with E-state index >= 15 is 0 Å². The van der Waals surface area contributed by atoms with Crippen LogP contribution < -0.4 is 15.5 Å². The number of piperidine rings is 2. The van der Waals surface area contributed by atoms with Crippen molar-refractivity contribution in [2.75, 3.05) is 22.9 Å². The zero-order valence-electron chi connectivity index (χ0n) is 19.2. The number of amidine groups is 1. The minimum absolute atomic E-state index is 0.250.